The first kappa shape index (κ1) is 19.2. The molecule has 4 rings (SSSR count). The summed E-state index contributed by atoms with van der Waals surface area (Å²) < 4.78 is 27.4. The van der Waals surface area contributed by atoms with Crippen molar-refractivity contribution in [2.75, 3.05) is 18.4 Å². The van der Waals surface area contributed by atoms with E-state index in [1.807, 2.05) is 0 Å². The molecule has 2 aromatic carbocycles. The lowest BCUT2D eigenvalue weighted by Gasteiger charge is -2.19. The van der Waals surface area contributed by atoms with Crippen LogP contribution in [0.2, 0.25) is 0 Å². The molecule has 1 aliphatic heterocycles. The number of nitrogens with one attached hydrogen (secondary N) is 3. The minimum atomic E-state index is -3.85. The zero-order valence-corrected chi connectivity index (χ0v) is 16.2. The number of nitro groups is 1. The van der Waals surface area contributed by atoms with Crippen molar-refractivity contribution in [3.05, 3.63) is 62.6 Å². The van der Waals surface area contributed by atoms with Crippen LogP contribution in [0.4, 0.5) is 11.4 Å². The Hall–Kier alpha value is -3.18. The summed E-state index contributed by atoms with van der Waals surface area (Å²) in [7, 11) is -3.85. The predicted molar refractivity (Wildman–Crippen MR) is 107 cm³/mol. The van der Waals surface area contributed by atoms with Crippen molar-refractivity contribution in [3.63, 3.8) is 0 Å². The van der Waals surface area contributed by atoms with Gasteiger partial charge in [-0.25, -0.2) is 13.2 Å². The third-order valence-electron chi connectivity index (χ3n) is 4.92. The minimum absolute atomic E-state index is 0.107. The third-order valence-corrected chi connectivity index (χ3v) is 6.86. The number of aromatic nitrogens is 2. The Kier molecular flexibility index (Phi) is 4.84. The number of non-ortho nitro benzene ring substituents is 1. The summed E-state index contributed by atoms with van der Waals surface area (Å²) >= 11 is 0. The molecule has 29 heavy (non-hydrogen) atoms. The second kappa shape index (κ2) is 7.33. The molecule has 1 aliphatic rings. The van der Waals surface area contributed by atoms with Crippen molar-refractivity contribution in [3.8, 4) is 0 Å². The highest BCUT2D eigenvalue weighted by Gasteiger charge is 2.30. The van der Waals surface area contributed by atoms with Crippen LogP contribution >= 0.6 is 0 Å². The lowest BCUT2D eigenvalue weighted by atomic mass is 10.2. The Morgan fingerprint density at radius 1 is 1.07 bits per heavy atom. The topological polar surface area (TPSA) is 141 Å². The number of aromatic amines is 2. The number of rotatable bonds is 6. The number of benzene rings is 2. The fourth-order valence-electron chi connectivity index (χ4n) is 3.44. The minimum Gasteiger partial charge on any atom is -0.380 e. The quantitative estimate of drug-likeness (QED) is 0.414. The van der Waals surface area contributed by atoms with Gasteiger partial charge in [0.2, 0.25) is 10.0 Å². The van der Waals surface area contributed by atoms with E-state index in [4.69, 9.17) is 0 Å². The van der Waals surface area contributed by atoms with Gasteiger partial charge in [0, 0.05) is 31.8 Å². The van der Waals surface area contributed by atoms with Crippen LogP contribution in [-0.2, 0) is 16.6 Å². The zero-order valence-electron chi connectivity index (χ0n) is 15.3. The van der Waals surface area contributed by atoms with Crippen LogP contribution in [0.5, 0.6) is 0 Å². The molecular formula is C18H19N5O5S. The maximum atomic E-state index is 13.0. The number of nitrogens with zero attached hydrogens (tertiary/aromatic N) is 2. The highest BCUT2D eigenvalue weighted by atomic mass is 32.2. The molecule has 2 heterocycles. The van der Waals surface area contributed by atoms with Gasteiger partial charge in [0.25, 0.3) is 5.69 Å². The number of nitro benzene ring substituents is 1. The number of sulfonamides is 1. The maximum absolute atomic E-state index is 13.0. The van der Waals surface area contributed by atoms with Crippen molar-refractivity contribution in [2.45, 2.75) is 24.3 Å². The average Bonchev–Trinajstić information content (AvgIpc) is 3.35. The van der Waals surface area contributed by atoms with E-state index in [-0.39, 0.29) is 22.8 Å². The lowest BCUT2D eigenvalue weighted by molar-refractivity contribution is -0.385. The zero-order chi connectivity index (χ0) is 20.6. The molecule has 1 saturated heterocycles. The van der Waals surface area contributed by atoms with E-state index in [1.165, 1.54) is 16.4 Å². The van der Waals surface area contributed by atoms with Gasteiger partial charge in [-0.05, 0) is 36.6 Å². The predicted octanol–water partition coefficient (Wildman–Crippen LogP) is 2.16. The van der Waals surface area contributed by atoms with Gasteiger partial charge >= 0.3 is 5.69 Å². The highest BCUT2D eigenvalue weighted by Crippen LogP contribution is 2.31. The van der Waals surface area contributed by atoms with Crippen LogP contribution < -0.4 is 11.0 Å². The van der Waals surface area contributed by atoms with Gasteiger partial charge in [0.1, 0.15) is 4.90 Å². The van der Waals surface area contributed by atoms with E-state index in [1.54, 1.807) is 18.2 Å². The molecular weight excluding hydrogens is 398 g/mol. The van der Waals surface area contributed by atoms with Gasteiger partial charge in [-0.15, -0.1) is 0 Å². The van der Waals surface area contributed by atoms with E-state index in [9.17, 15) is 23.3 Å². The molecule has 11 heteroatoms. The van der Waals surface area contributed by atoms with Crippen LogP contribution in [0, 0.1) is 10.1 Å². The number of imidazole rings is 1. The molecule has 0 amide bonds. The Bertz CT molecular complexity index is 1240. The monoisotopic (exact) mass is 417 g/mol. The fourth-order valence-corrected chi connectivity index (χ4v) is 5.14. The number of hydrogen-bond acceptors (Lipinski definition) is 6. The summed E-state index contributed by atoms with van der Waals surface area (Å²) in [6.45, 7) is 1.09. The van der Waals surface area contributed by atoms with E-state index < -0.39 is 14.9 Å². The molecule has 0 spiro atoms. The SMILES string of the molecule is O=c1[nH]c2ccc(CNc3ccc([N+](=O)[O-])cc3S(=O)(=O)N3CCCC3)cc2[nH]1. The molecule has 0 aliphatic carbocycles. The van der Waals surface area contributed by atoms with Gasteiger partial charge in [0.05, 0.1) is 21.6 Å². The van der Waals surface area contributed by atoms with Crippen molar-refractivity contribution < 1.29 is 13.3 Å². The molecule has 0 radical (unpaired) electrons. The van der Waals surface area contributed by atoms with E-state index in [2.05, 4.69) is 15.3 Å². The highest BCUT2D eigenvalue weighted by molar-refractivity contribution is 7.89. The summed E-state index contributed by atoms with van der Waals surface area (Å²) in [5, 5.41) is 14.2. The van der Waals surface area contributed by atoms with Crippen LogP contribution in [0.1, 0.15) is 18.4 Å². The lowest BCUT2D eigenvalue weighted by Crippen LogP contribution is -2.28. The van der Waals surface area contributed by atoms with Crippen LogP contribution in [0.15, 0.2) is 46.1 Å². The molecule has 152 valence electrons. The van der Waals surface area contributed by atoms with Gasteiger partial charge in [-0.2, -0.15) is 4.31 Å². The molecule has 10 nitrogen and oxygen atoms in total. The van der Waals surface area contributed by atoms with Crippen LogP contribution in [0.3, 0.4) is 0 Å². The number of fused-ring (bicyclic) bond motifs is 1. The number of anilines is 1. The molecule has 3 aromatic rings. The normalized spacial score (nSPS) is 15.0. The first-order valence-electron chi connectivity index (χ1n) is 9.08. The summed E-state index contributed by atoms with van der Waals surface area (Å²) in [5.41, 5.74) is 1.84. The molecule has 0 saturated carbocycles. The maximum Gasteiger partial charge on any atom is 0.323 e. The molecule has 0 unspecified atom stereocenters. The second-order valence-electron chi connectivity index (χ2n) is 6.86. The van der Waals surface area contributed by atoms with Gasteiger partial charge in [-0.1, -0.05) is 6.07 Å². The number of hydrogen-bond donors (Lipinski definition) is 3. The molecule has 0 atom stereocenters. The largest absolute Gasteiger partial charge is 0.380 e. The van der Waals surface area contributed by atoms with Crippen molar-refractivity contribution in [1.82, 2.24) is 14.3 Å². The van der Waals surface area contributed by atoms with Crippen molar-refractivity contribution in [2.24, 2.45) is 0 Å². The van der Waals surface area contributed by atoms with Gasteiger partial charge in [-0.3, -0.25) is 10.1 Å². The first-order valence-corrected chi connectivity index (χ1v) is 10.5. The Labute approximate surface area is 165 Å². The Balaban J connectivity index is 1.66. The van der Waals surface area contributed by atoms with Gasteiger partial charge < -0.3 is 15.3 Å². The smallest absolute Gasteiger partial charge is 0.323 e. The molecule has 3 N–H and O–H groups in total. The third kappa shape index (κ3) is 3.74. The summed E-state index contributed by atoms with van der Waals surface area (Å²) in [5.74, 6) is 0. The van der Waals surface area contributed by atoms with Crippen LogP contribution in [0.25, 0.3) is 11.0 Å². The summed E-state index contributed by atoms with van der Waals surface area (Å²) in [4.78, 5) is 27.2. The Morgan fingerprint density at radius 2 is 1.79 bits per heavy atom. The summed E-state index contributed by atoms with van der Waals surface area (Å²) in [6.07, 6.45) is 1.54. The van der Waals surface area contributed by atoms with E-state index in [0.29, 0.717) is 29.8 Å². The van der Waals surface area contributed by atoms with Crippen molar-refractivity contribution in [1.29, 1.82) is 0 Å². The average molecular weight is 417 g/mol. The molecule has 1 fully saturated rings. The van der Waals surface area contributed by atoms with Crippen LogP contribution in [-0.4, -0.2) is 40.7 Å². The van der Waals surface area contributed by atoms with Crippen molar-refractivity contribution >= 4 is 32.4 Å². The number of H-pyrrole nitrogens is 2. The molecule has 0 bridgehead atoms. The second-order valence-corrected chi connectivity index (χ2v) is 8.77. The van der Waals surface area contributed by atoms with E-state index >= 15 is 0 Å². The molecule has 1 aromatic heterocycles. The van der Waals surface area contributed by atoms with E-state index in [0.717, 1.165) is 24.5 Å². The first-order chi connectivity index (χ1) is 13.8. The fraction of sp³-hybridized carbons (Fsp3) is 0.278. The summed E-state index contributed by atoms with van der Waals surface area (Å²) in [6, 6.07) is 9.13. The van der Waals surface area contributed by atoms with Gasteiger partial charge in [0.15, 0.2) is 0 Å². The standard InChI is InChI=1S/C18H19N5O5S/c24-18-20-14-5-3-12(9-16(14)21-18)11-19-15-6-4-13(23(25)26)10-17(15)29(27,28)22-7-1-2-8-22/h3-6,9-10,19H,1-2,7-8,11H2,(H2,20,21,24). The Morgan fingerprint density at radius 3 is 2.52 bits per heavy atom.